The summed E-state index contributed by atoms with van der Waals surface area (Å²) in [5.74, 6) is 0. The molecular weight excluding hydrogens is 257 g/mol. The zero-order chi connectivity index (χ0) is 12.9. The van der Waals surface area contributed by atoms with Gasteiger partial charge in [-0.15, -0.1) is 0 Å². The van der Waals surface area contributed by atoms with Crippen LogP contribution in [0.1, 0.15) is 31.7 Å². The van der Waals surface area contributed by atoms with Crippen LogP contribution in [0.2, 0.25) is 10.0 Å². The first-order valence-corrected chi connectivity index (χ1v) is 6.55. The molecule has 96 valence electrons. The second kappa shape index (κ2) is 6.60. The molecular formula is C13H19Cl2NO. The lowest BCUT2D eigenvalue weighted by atomic mass is 9.76. The van der Waals surface area contributed by atoms with Crippen molar-refractivity contribution in [2.45, 2.75) is 31.6 Å². The van der Waals surface area contributed by atoms with Gasteiger partial charge in [0.25, 0.3) is 0 Å². The van der Waals surface area contributed by atoms with Crippen LogP contribution in [0, 0.1) is 0 Å². The van der Waals surface area contributed by atoms with Crippen LogP contribution < -0.4 is 5.73 Å². The highest BCUT2D eigenvalue weighted by atomic mass is 35.5. The van der Waals surface area contributed by atoms with Crippen molar-refractivity contribution in [2.24, 2.45) is 5.73 Å². The molecule has 0 radical (unpaired) electrons. The summed E-state index contributed by atoms with van der Waals surface area (Å²) in [6, 6.07) is 5.66. The lowest BCUT2D eigenvalue weighted by molar-refractivity contribution is 0.236. The smallest absolute Gasteiger partial charge is 0.0595 e. The molecule has 0 aliphatic heterocycles. The van der Waals surface area contributed by atoms with Gasteiger partial charge in [-0.3, -0.25) is 0 Å². The molecule has 17 heavy (non-hydrogen) atoms. The Balaban J connectivity index is 2.99. The van der Waals surface area contributed by atoms with Gasteiger partial charge in [0.05, 0.1) is 10.0 Å². The van der Waals surface area contributed by atoms with Gasteiger partial charge in [0.2, 0.25) is 0 Å². The molecule has 1 unspecified atom stereocenters. The largest absolute Gasteiger partial charge is 0.396 e. The van der Waals surface area contributed by atoms with Crippen LogP contribution in [0.15, 0.2) is 18.2 Å². The molecule has 0 bridgehead atoms. The number of nitrogens with two attached hydrogens (primary N) is 1. The van der Waals surface area contributed by atoms with Gasteiger partial charge in [0, 0.05) is 6.61 Å². The Labute approximate surface area is 113 Å². The van der Waals surface area contributed by atoms with Crippen molar-refractivity contribution in [1.82, 2.24) is 0 Å². The van der Waals surface area contributed by atoms with E-state index >= 15 is 0 Å². The third-order valence-corrected chi connectivity index (χ3v) is 3.95. The molecule has 0 fully saturated rings. The molecule has 0 aromatic heterocycles. The molecule has 0 aliphatic carbocycles. The molecule has 0 saturated heterocycles. The predicted molar refractivity (Wildman–Crippen MR) is 73.8 cm³/mol. The summed E-state index contributed by atoms with van der Waals surface area (Å²) in [5.41, 5.74) is 6.57. The molecule has 0 aliphatic rings. The standard InChI is InChI=1S/C13H19Cl2NO/c1-13(6-8-17,5-2-7-16)10-3-4-11(14)12(15)9-10/h3-4,9,17H,2,5-8,16H2,1H3. The van der Waals surface area contributed by atoms with Gasteiger partial charge >= 0.3 is 0 Å². The van der Waals surface area contributed by atoms with Crippen LogP contribution >= 0.6 is 23.2 Å². The van der Waals surface area contributed by atoms with Gasteiger partial charge in [-0.1, -0.05) is 36.2 Å². The predicted octanol–water partition coefficient (Wildman–Crippen LogP) is 3.37. The number of aliphatic hydroxyl groups excluding tert-OH is 1. The maximum atomic E-state index is 9.20. The van der Waals surface area contributed by atoms with Gasteiger partial charge in [-0.2, -0.15) is 0 Å². The topological polar surface area (TPSA) is 46.2 Å². The van der Waals surface area contributed by atoms with Gasteiger partial charge in [0.1, 0.15) is 0 Å². The van der Waals surface area contributed by atoms with Crippen molar-refractivity contribution in [3.8, 4) is 0 Å². The number of benzene rings is 1. The second-order valence-electron chi connectivity index (χ2n) is 4.56. The van der Waals surface area contributed by atoms with E-state index in [2.05, 4.69) is 6.92 Å². The molecule has 2 nitrogen and oxygen atoms in total. The van der Waals surface area contributed by atoms with E-state index in [0.29, 0.717) is 23.0 Å². The fourth-order valence-electron chi connectivity index (χ4n) is 2.02. The lowest BCUT2D eigenvalue weighted by Gasteiger charge is -2.30. The van der Waals surface area contributed by atoms with Crippen molar-refractivity contribution < 1.29 is 5.11 Å². The maximum absolute atomic E-state index is 9.20. The Morgan fingerprint density at radius 1 is 1.24 bits per heavy atom. The minimum absolute atomic E-state index is 0.0949. The first kappa shape index (κ1) is 14.8. The van der Waals surface area contributed by atoms with Gasteiger partial charge in [-0.25, -0.2) is 0 Å². The van der Waals surface area contributed by atoms with Crippen LogP contribution in [0.4, 0.5) is 0 Å². The Hall–Kier alpha value is -0.280. The fourth-order valence-corrected chi connectivity index (χ4v) is 2.32. The summed E-state index contributed by atoms with van der Waals surface area (Å²) in [6.07, 6.45) is 2.56. The Kier molecular flexibility index (Phi) is 5.74. The van der Waals surface area contributed by atoms with E-state index in [1.54, 1.807) is 6.07 Å². The molecule has 4 heteroatoms. The molecule has 1 aromatic carbocycles. The van der Waals surface area contributed by atoms with Crippen molar-refractivity contribution >= 4 is 23.2 Å². The lowest BCUT2D eigenvalue weighted by Crippen LogP contribution is -2.24. The molecule has 0 spiro atoms. The van der Waals surface area contributed by atoms with Gasteiger partial charge < -0.3 is 10.8 Å². The Morgan fingerprint density at radius 3 is 2.47 bits per heavy atom. The number of hydrogen-bond acceptors (Lipinski definition) is 2. The SMILES string of the molecule is CC(CCO)(CCCN)c1ccc(Cl)c(Cl)c1. The zero-order valence-electron chi connectivity index (χ0n) is 10.0. The number of halogens is 2. The molecule has 3 N–H and O–H groups in total. The molecule has 1 rings (SSSR count). The van der Waals surface area contributed by atoms with Crippen LogP contribution in [0.5, 0.6) is 0 Å². The van der Waals surface area contributed by atoms with E-state index in [0.717, 1.165) is 18.4 Å². The summed E-state index contributed by atoms with van der Waals surface area (Å²) in [7, 11) is 0. The van der Waals surface area contributed by atoms with E-state index in [1.807, 2.05) is 12.1 Å². The minimum Gasteiger partial charge on any atom is -0.396 e. The van der Waals surface area contributed by atoms with Gasteiger partial charge in [-0.05, 0) is 48.9 Å². The minimum atomic E-state index is -0.0949. The highest BCUT2D eigenvalue weighted by Gasteiger charge is 2.26. The third-order valence-electron chi connectivity index (χ3n) is 3.21. The van der Waals surface area contributed by atoms with Crippen LogP contribution in [-0.2, 0) is 5.41 Å². The van der Waals surface area contributed by atoms with E-state index in [1.165, 1.54) is 0 Å². The molecule has 0 saturated carbocycles. The quantitative estimate of drug-likeness (QED) is 0.836. The van der Waals surface area contributed by atoms with Crippen molar-refractivity contribution in [2.75, 3.05) is 13.2 Å². The van der Waals surface area contributed by atoms with Crippen molar-refractivity contribution in [3.63, 3.8) is 0 Å². The average molecular weight is 276 g/mol. The number of aliphatic hydroxyl groups is 1. The second-order valence-corrected chi connectivity index (χ2v) is 5.37. The van der Waals surface area contributed by atoms with E-state index < -0.39 is 0 Å². The van der Waals surface area contributed by atoms with E-state index in [9.17, 15) is 5.11 Å². The van der Waals surface area contributed by atoms with Crippen LogP contribution in [0.25, 0.3) is 0 Å². The average Bonchev–Trinajstić information content (AvgIpc) is 2.30. The monoisotopic (exact) mass is 275 g/mol. The molecule has 0 heterocycles. The van der Waals surface area contributed by atoms with Crippen molar-refractivity contribution in [1.29, 1.82) is 0 Å². The van der Waals surface area contributed by atoms with Crippen LogP contribution in [0.3, 0.4) is 0 Å². The van der Waals surface area contributed by atoms with Crippen molar-refractivity contribution in [3.05, 3.63) is 33.8 Å². The highest BCUT2D eigenvalue weighted by molar-refractivity contribution is 6.42. The van der Waals surface area contributed by atoms with E-state index in [4.69, 9.17) is 28.9 Å². The normalized spacial score (nSPS) is 14.6. The first-order chi connectivity index (χ1) is 8.03. The fraction of sp³-hybridized carbons (Fsp3) is 0.538. The third kappa shape index (κ3) is 3.85. The molecule has 1 atom stereocenters. The summed E-state index contributed by atoms with van der Waals surface area (Å²) in [6.45, 7) is 2.93. The molecule has 1 aromatic rings. The van der Waals surface area contributed by atoms with E-state index in [-0.39, 0.29) is 12.0 Å². The Bertz CT molecular complexity index is 370. The molecule has 0 amide bonds. The number of rotatable bonds is 6. The highest BCUT2D eigenvalue weighted by Crippen LogP contribution is 2.35. The maximum Gasteiger partial charge on any atom is 0.0595 e. The summed E-state index contributed by atoms with van der Waals surface area (Å²) < 4.78 is 0. The summed E-state index contributed by atoms with van der Waals surface area (Å²) in [5, 5.41) is 10.3. The number of hydrogen-bond donors (Lipinski definition) is 2. The summed E-state index contributed by atoms with van der Waals surface area (Å²) in [4.78, 5) is 0. The van der Waals surface area contributed by atoms with Gasteiger partial charge in [0.15, 0.2) is 0 Å². The Morgan fingerprint density at radius 2 is 1.94 bits per heavy atom. The zero-order valence-corrected chi connectivity index (χ0v) is 11.6. The first-order valence-electron chi connectivity index (χ1n) is 5.80. The summed E-state index contributed by atoms with van der Waals surface area (Å²) >= 11 is 11.9. The van der Waals surface area contributed by atoms with Crippen LogP contribution in [-0.4, -0.2) is 18.3 Å².